The van der Waals surface area contributed by atoms with Crippen LogP contribution in [0.1, 0.15) is 265 Å². The molecule has 0 aromatic carbocycles. The maximum absolute atomic E-state index is 12.7. The number of hydrogen-bond donors (Lipinski definition) is 0. The van der Waals surface area contributed by atoms with Crippen LogP contribution in [0.25, 0.3) is 0 Å². The summed E-state index contributed by atoms with van der Waals surface area (Å²) in [6.45, 7) is 7.83. The molecule has 0 N–H and O–H groups in total. The van der Waals surface area contributed by atoms with E-state index in [1.165, 1.54) is 186 Å². The molecule has 0 aliphatic heterocycles. The molecule has 0 saturated heterocycles. The summed E-state index contributed by atoms with van der Waals surface area (Å²) in [6.07, 6.45) is 50.7. The van der Waals surface area contributed by atoms with E-state index in [1.54, 1.807) is 0 Å². The van der Waals surface area contributed by atoms with Crippen LogP contribution in [0, 0.1) is 0 Å². The summed E-state index contributed by atoms with van der Waals surface area (Å²) in [5.74, 6) is -0.392. The second-order valence-electron chi connectivity index (χ2n) is 16.4. The number of ether oxygens (including phenoxy) is 3. The molecular weight excluding hydrogens is 669 g/mol. The Hall–Kier alpha value is -1.36. The molecule has 0 rings (SSSR count). The summed E-state index contributed by atoms with van der Waals surface area (Å²) < 4.78 is 17.3. The van der Waals surface area contributed by atoms with Gasteiger partial charge in [-0.3, -0.25) is 9.59 Å². The van der Waals surface area contributed by atoms with Gasteiger partial charge >= 0.3 is 11.9 Å². The molecule has 54 heavy (non-hydrogen) atoms. The van der Waals surface area contributed by atoms with Crippen LogP contribution < -0.4 is 0 Å². The van der Waals surface area contributed by atoms with E-state index in [4.69, 9.17) is 14.2 Å². The first-order chi connectivity index (χ1) is 26.6. The van der Waals surface area contributed by atoms with Crippen molar-refractivity contribution in [3.8, 4) is 0 Å². The Balaban J connectivity index is 4.18. The number of rotatable bonds is 45. The minimum absolute atomic E-state index is 0.0894. The molecule has 0 aromatic rings. The second-order valence-corrected chi connectivity index (χ2v) is 16.4. The monoisotopic (exact) mass is 763 g/mol. The SMILES string of the molecule is CCCC/C=C\CCCCCCCC(=O)OC[C@@H](COCCCCCCCCCCCCCCCCCC)OC(=O)CCCCCCCCCCCCC. The molecule has 0 unspecified atom stereocenters. The van der Waals surface area contributed by atoms with Crippen molar-refractivity contribution in [1.82, 2.24) is 0 Å². The van der Waals surface area contributed by atoms with Crippen LogP contribution in [0.15, 0.2) is 12.2 Å². The topological polar surface area (TPSA) is 61.8 Å². The van der Waals surface area contributed by atoms with E-state index in [2.05, 4.69) is 32.9 Å². The number of carbonyl (C=O) groups is 2. The summed E-state index contributed by atoms with van der Waals surface area (Å²) in [5.41, 5.74) is 0. The van der Waals surface area contributed by atoms with Crippen molar-refractivity contribution < 1.29 is 23.8 Å². The molecule has 0 fully saturated rings. The molecule has 0 aromatic heterocycles. The third-order valence-electron chi connectivity index (χ3n) is 10.8. The minimum atomic E-state index is -0.527. The Morgan fingerprint density at radius 3 is 1.19 bits per heavy atom. The fourth-order valence-corrected chi connectivity index (χ4v) is 7.14. The molecule has 0 spiro atoms. The van der Waals surface area contributed by atoms with Crippen molar-refractivity contribution in [2.24, 2.45) is 0 Å². The highest BCUT2D eigenvalue weighted by Crippen LogP contribution is 2.15. The lowest BCUT2D eigenvalue weighted by Gasteiger charge is -2.18. The first-order valence-electron chi connectivity index (χ1n) is 24.2. The maximum Gasteiger partial charge on any atom is 0.306 e. The van der Waals surface area contributed by atoms with Crippen molar-refractivity contribution in [1.29, 1.82) is 0 Å². The molecule has 0 radical (unpaired) electrons. The average Bonchev–Trinajstić information content (AvgIpc) is 3.17. The van der Waals surface area contributed by atoms with Gasteiger partial charge in [0.2, 0.25) is 0 Å². The first kappa shape index (κ1) is 52.6. The van der Waals surface area contributed by atoms with Crippen molar-refractivity contribution in [3.05, 3.63) is 12.2 Å². The normalized spacial score (nSPS) is 12.1. The first-order valence-corrected chi connectivity index (χ1v) is 24.2. The van der Waals surface area contributed by atoms with Crippen LogP contribution in [0.5, 0.6) is 0 Å². The molecular formula is C49H94O5. The molecule has 5 heteroatoms. The van der Waals surface area contributed by atoms with Crippen molar-refractivity contribution in [3.63, 3.8) is 0 Å². The van der Waals surface area contributed by atoms with E-state index in [0.29, 0.717) is 26.1 Å². The summed E-state index contributed by atoms with van der Waals surface area (Å²) in [5, 5.41) is 0. The second kappa shape index (κ2) is 46.0. The molecule has 320 valence electrons. The zero-order chi connectivity index (χ0) is 39.3. The lowest BCUT2D eigenvalue weighted by molar-refractivity contribution is -0.163. The molecule has 0 saturated carbocycles. The van der Waals surface area contributed by atoms with Gasteiger partial charge in [-0.05, 0) is 38.5 Å². The zero-order valence-electron chi connectivity index (χ0n) is 36.8. The van der Waals surface area contributed by atoms with Gasteiger partial charge in [-0.1, -0.05) is 226 Å². The third kappa shape index (κ3) is 43.4. The van der Waals surface area contributed by atoms with Gasteiger partial charge in [-0.25, -0.2) is 0 Å². The van der Waals surface area contributed by atoms with E-state index in [-0.39, 0.29) is 18.5 Å². The van der Waals surface area contributed by atoms with Crippen LogP contribution in [0.4, 0.5) is 0 Å². The van der Waals surface area contributed by atoms with Gasteiger partial charge < -0.3 is 14.2 Å². The van der Waals surface area contributed by atoms with Gasteiger partial charge in [0.15, 0.2) is 6.10 Å². The summed E-state index contributed by atoms with van der Waals surface area (Å²) in [4.78, 5) is 25.2. The Kier molecular flexibility index (Phi) is 44.9. The van der Waals surface area contributed by atoms with Gasteiger partial charge in [0, 0.05) is 19.4 Å². The Bertz CT molecular complexity index is 780. The van der Waals surface area contributed by atoms with E-state index < -0.39 is 6.10 Å². The summed E-state index contributed by atoms with van der Waals surface area (Å²) in [7, 11) is 0. The highest BCUT2D eigenvalue weighted by Gasteiger charge is 2.17. The fourth-order valence-electron chi connectivity index (χ4n) is 7.14. The van der Waals surface area contributed by atoms with Crippen LogP contribution in [0.2, 0.25) is 0 Å². The predicted octanol–water partition coefficient (Wildman–Crippen LogP) is 15.9. The number of esters is 2. The van der Waals surface area contributed by atoms with E-state index in [1.807, 2.05) is 0 Å². The fraction of sp³-hybridized carbons (Fsp3) is 0.918. The lowest BCUT2D eigenvalue weighted by atomic mass is 10.0. The van der Waals surface area contributed by atoms with Gasteiger partial charge in [0.05, 0.1) is 6.61 Å². The van der Waals surface area contributed by atoms with Crippen LogP contribution in [0.3, 0.4) is 0 Å². The van der Waals surface area contributed by atoms with Gasteiger partial charge in [-0.15, -0.1) is 0 Å². The van der Waals surface area contributed by atoms with Crippen molar-refractivity contribution >= 4 is 11.9 Å². The smallest absolute Gasteiger partial charge is 0.306 e. The van der Waals surface area contributed by atoms with Gasteiger partial charge in [-0.2, -0.15) is 0 Å². The van der Waals surface area contributed by atoms with E-state index >= 15 is 0 Å². The molecule has 5 nitrogen and oxygen atoms in total. The third-order valence-corrected chi connectivity index (χ3v) is 10.8. The Morgan fingerprint density at radius 1 is 0.389 bits per heavy atom. The maximum atomic E-state index is 12.7. The Labute approximate surface area is 337 Å². The molecule has 0 amide bonds. The van der Waals surface area contributed by atoms with Crippen molar-refractivity contribution in [2.75, 3.05) is 19.8 Å². The van der Waals surface area contributed by atoms with Crippen LogP contribution >= 0.6 is 0 Å². The zero-order valence-corrected chi connectivity index (χ0v) is 36.8. The minimum Gasteiger partial charge on any atom is -0.462 e. The highest BCUT2D eigenvalue weighted by molar-refractivity contribution is 5.70. The highest BCUT2D eigenvalue weighted by atomic mass is 16.6. The molecule has 0 aliphatic rings. The molecule has 0 heterocycles. The molecule has 0 aliphatic carbocycles. The van der Waals surface area contributed by atoms with Gasteiger partial charge in [0.1, 0.15) is 6.61 Å². The largest absolute Gasteiger partial charge is 0.462 e. The summed E-state index contributed by atoms with van der Waals surface area (Å²) in [6, 6.07) is 0. The number of hydrogen-bond acceptors (Lipinski definition) is 5. The quantitative estimate of drug-likeness (QED) is 0.0351. The lowest BCUT2D eigenvalue weighted by Crippen LogP contribution is -2.30. The number of unbranched alkanes of at least 4 members (excludes halogenated alkanes) is 32. The van der Waals surface area contributed by atoms with E-state index in [9.17, 15) is 9.59 Å². The van der Waals surface area contributed by atoms with E-state index in [0.717, 1.165) is 44.9 Å². The standard InChI is InChI=1S/C49H94O5/c1-4-7-10-13-16-19-22-23-24-25-26-29-32-35-38-41-44-52-45-47(54-49(51)43-40-37-34-31-28-21-18-15-12-9-6-3)46-53-48(50)42-39-36-33-30-27-20-17-14-11-8-5-2/h14,17,47H,4-13,15-16,18-46H2,1-3H3/b17-14-/t47-/m1/s1. The average molecular weight is 763 g/mol. The van der Waals surface area contributed by atoms with Gasteiger partial charge in [0.25, 0.3) is 0 Å². The molecule has 0 bridgehead atoms. The predicted molar refractivity (Wildman–Crippen MR) is 233 cm³/mol. The summed E-state index contributed by atoms with van der Waals surface area (Å²) >= 11 is 0. The van der Waals surface area contributed by atoms with Crippen LogP contribution in [-0.2, 0) is 23.8 Å². The molecule has 1 atom stereocenters. The number of allylic oxidation sites excluding steroid dienone is 2. The number of carbonyl (C=O) groups excluding carboxylic acids is 2. The van der Waals surface area contributed by atoms with Crippen LogP contribution in [-0.4, -0.2) is 37.9 Å². The Morgan fingerprint density at radius 2 is 0.741 bits per heavy atom. The van der Waals surface area contributed by atoms with Crippen molar-refractivity contribution in [2.45, 2.75) is 271 Å².